The molecule has 2 aliphatic rings. The number of carbonyl (C=O) groups excluding carboxylic acids is 2. The van der Waals surface area contributed by atoms with Crippen molar-refractivity contribution in [2.75, 3.05) is 18.8 Å². The Morgan fingerprint density at radius 2 is 1.80 bits per heavy atom. The first kappa shape index (κ1) is 17.9. The number of imide groups is 1. The molecule has 3 amide bonds. The van der Waals surface area contributed by atoms with Crippen molar-refractivity contribution in [3.63, 3.8) is 0 Å². The summed E-state index contributed by atoms with van der Waals surface area (Å²) in [5.74, 6) is -0.556. The van der Waals surface area contributed by atoms with Crippen LogP contribution in [0.25, 0.3) is 0 Å². The largest absolute Gasteiger partial charge is 0.322 e. The van der Waals surface area contributed by atoms with Crippen molar-refractivity contribution in [2.45, 2.75) is 31.7 Å². The van der Waals surface area contributed by atoms with Crippen molar-refractivity contribution in [1.82, 2.24) is 14.9 Å². The van der Waals surface area contributed by atoms with Crippen LogP contribution in [0.3, 0.4) is 0 Å². The third-order valence-corrected chi connectivity index (χ3v) is 7.02. The number of sulfonamides is 1. The van der Waals surface area contributed by atoms with E-state index in [0.717, 1.165) is 19.3 Å². The van der Waals surface area contributed by atoms with Gasteiger partial charge in [-0.05, 0) is 37.7 Å². The SMILES string of the molecule is C[C@]1(CS(=O)(=O)N2CCC(Cc3ccccc3)CC2)NC(=O)NC1=O. The molecule has 1 aromatic carbocycles. The molecule has 2 aliphatic heterocycles. The van der Waals surface area contributed by atoms with Crippen LogP contribution >= 0.6 is 0 Å². The number of hydrogen-bond acceptors (Lipinski definition) is 4. The van der Waals surface area contributed by atoms with Crippen LogP contribution in [0, 0.1) is 5.92 Å². The van der Waals surface area contributed by atoms with Crippen LogP contribution in [0.2, 0.25) is 0 Å². The molecule has 2 fully saturated rings. The summed E-state index contributed by atoms with van der Waals surface area (Å²) in [6.45, 7) is 2.34. The number of hydrogen-bond donors (Lipinski definition) is 2. The van der Waals surface area contributed by atoms with Crippen LogP contribution in [0.1, 0.15) is 25.3 Å². The van der Waals surface area contributed by atoms with Crippen molar-refractivity contribution in [3.05, 3.63) is 35.9 Å². The van der Waals surface area contributed by atoms with Gasteiger partial charge in [-0.2, -0.15) is 0 Å². The Bertz CT molecular complexity index is 757. The van der Waals surface area contributed by atoms with E-state index in [4.69, 9.17) is 0 Å². The predicted molar refractivity (Wildman–Crippen MR) is 93.3 cm³/mol. The highest BCUT2D eigenvalue weighted by molar-refractivity contribution is 7.89. The van der Waals surface area contributed by atoms with Gasteiger partial charge in [0, 0.05) is 13.1 Å². The molecule has 136 valence electrons. The summed E-state index contributed by atoms with van der Waals surface area (Å²) in [5, 5.41) is 4.51. The molecule has 7 nitrogen and oxygen atoms in total. The molecule has 2 heterocycles. The van der Waals surface area contributed by atoms with E-state index in [0.29, 0.717) is 19.0 Å². The zero-order valence-corrected chi connectivity index (χ0v) is 15.0. The van der Waals surface area contributed by atoms with Gasteiger partial charge in [-0.15, -0.1) is 0 Å². The summed E-state index contributed by atoms with van der Waals surface area (Å²) in [5.41, 5.74) is -0.141. The Morgan fingerprint density at radius 3 is 2.36 bits per heavy atom. The van der Waals surface area contributed by atoms with Crippen LogP contribution in [-0.2, 0) is 21.2 Å². The van der Waals surface area contributed by atoms with Gasteiger partial charge < -0.3 is 5.32 Å². The summed E-state index contributed by atoms with van der Waals surface area (Å²) in [7, 11) is -3.62. The summed E-state index contributed by atoms with van der Waals surface area (Å²) in [4.78, 5) is 23.1. The van der Waals surface area contributed by atoms with Crippen LogP contribution in [0.15, 0.2) is 30.3 Å². The number of nitrogens with zero attached hydrogens (tertiary/aromatic N) is 1. The average Bonchev–Trinajstić information content (AvgIpc) is 2.80. The Kier molecular flexibility index (Phi) is 4.83. The zero-order valence-electron chi connectivity index (χ0n) is 14.2. The number of rotatable bonds is 5. The highest BCUT2D eigenvalue weighted by Gasteiger charge is 2.46. The fourth-order valence-corrected chi connectivity index (χ4v) is 5.36. The Morgan fingerprint density at radius 1 is 1.16 bits per heavy atom. The molecule has 0 aliphatic carbocycles. The third-order valence-electron chi connectivity index (χ3n) is 4.92. The smallest absolute Gasteiger partial charge is 0.322 e. The van der Waals surface area contributed by atoms with Crippen LogP contribution in [0.4, 0.5) is 4.79 Å². The molecule has 1 atom stereocenters. The molecule has 0 radical (unpaired) electrons. The quantitative estimate of drug-likeness (QED) is 0.757. The number of carbonyl (C=O) groups is 2. The Labute approximate surface area is 147 Å². The van der Waals surface area contributed by atoms with Gasteiger partial charge in [-0.25, -0.2) is 17.5 Å². The lowest BCUT2D eigenvalue weighted by Crippen LogP contribution is -2.53. The second kappa shape index (κ2) is 6.76. The van der Waals surface area contributed by atoms with Crippen molar-refractivity contribution < 1.29 is 18.0 Å². The topological polar surface area (TPSA) is 95.6 Å². The standard InChI is InChI=1S/C17H23N3O4S/c1-17(15(21)18-16(22)19-17)12-25(23,24)20-9-7-14(8-10-20)11-13-5-3-2-4-6-13/h2-6,14H,7-12H2,1H3,(H2,18,19,21,22)/t17-/m1/s1. The number of nitrogens with one attached hydrogen (secondary N) is 2. The summed E-state index contributed by atoms with van der Waals surface area (Å²) in [6.07, 6.45) is 2.54. The average molecular weight is 365 g/mol. The lowest BCUT2D eigenvalue weighted by Gasteiger charge is -2.33. The first-order valence-electron chi connectivity index (χ1n) is 8.44. The normalized spacial score (nSPS) is 25.6. The zero-order chi connectivity index (χ0) is 18.1. The van der Waals surface area contributed by atoms with Gasteiger partial charge in [-0.3, -0.25) is 10.1 Å². The molecule has 0 aromatic heterocycles. The van der Waals surface area contributed by atoms with Gasteiger partial charge in [0.25, 0.3) is 5.91 Å². The fourth-order valence-electron chi connectivity index (χ4n) is 3.48. The molecular weight excluding hydrogens is 342 g/mol. The molecule has 1 aromatic rings. The van der Waals surface area contributed by atoms with Gasteiger partial charge in [0.15, 0.2) is 0 Å². The van der Waals surface area contributed by atoms with E-state index in [-0.39, 0.29) is 0 Å². The molecule has 0 spiro atoms. The number of urea groups is 1. The van der Waals surface area contributed by atoms with E-state index >= 15 is 0 Å². The van der Waals surface area contributed by atoms with E-state index in [1.54, 1.807) is 0 Å². The molecular formula is C17H23N3O4S. The molecule has 8 heteroatoms. The molecule has 0 saturated carbocycles. The second-order valence-corrected chi connectivity index (χ2v) is 9.00. The van der Waals surface area contributed by atoms with E-state index in [1.165, 1.54) is 16.8 Å². The van der Waals surface area contributed by atoms with Crippen LogP contribution in [0.5, 0.6) is 0 Å². The minimum absolute atomic E-state index is 0.416. The summed E-state index contributed by atoms with van der Waals surface area (Å²) in [6, 6.07) is 9.53. The van der Waals surface area contributed by atoms with Crippen LogP contribution in [-0.4, -0.2) is 49.0 Å². The maximum absolute atomic E-state index is 12.7. The van der Waals surface area contributed by atoms with Crippen molar-refractivity contribution >= 4 is 22.0 Å². The number of amides is 3. The van der Waals surface area contributed by atoms with Gasteiger partial charge in [0.2, 0.25) is 10.0 Å². The maximum Gasteiger partial charge on any atom is 0.322 e. The molecule has 0 unspecified atom stereocenters. The molecule has 0 bridgehead atoms. The highest BCUT2D eigenvalue weighted by Crippen LogP contribution is 2.25. The Hall–Kier alpha value is -1.93. The molecule has 25 heavy (non-hydrogen) atoms. The fraction of sp³-hybridized carbons (Fsp3) is 0.529. The molecule has 2 saturated heterocycles. The molecule has 2 N–H and O–H groups in total. The minimum Gasteiger partial charge on any atom is -0.322 e. The van der Waals surface area contributed by atoms with E-state index < -0.39 is 33.3 Å². The van der Waals surface area contributed by atoms with Crippen molar-refractivity contribution in [1.29, 1.82) is 0 Å². The number of piperidine rings is 1. The monoisotopic (exact) mass is 365 g/mol. The summed E-state index contributed by atoms with van der Waals surface area (Å²) < 4.78 is 26.8. The van der Waals surface area contributed by atoms with Crippen molar-refractivity contribution in [3.8, 4) is 0 Å². The van der Waals surface area contributed by atoms with Crippen LogP contribution < -0.4 is 10.6 Å². The maximum atomic E-state index is 12.7. The third kappa shape index (κ3) is 4.01. The molecule has 3 rings (SSSR count). The lowest BCUT2D eigenvalue weighted by atomic mass is 9.91. The van der Waals surface area contributed by atoms with Gasteiger partial charge in [0.05, 0.1) is 5.75 Å². The van der Waals surface area contributed by atoms with Gasteiger partial charge in [0.1, 0.15) is 5.54 Å². The van der Waals surface area contributed by atoms with E-state index in [2.05, 4.69) is 22.8 Å². The van der Waals surface area contributed by atoms with Gasteiger partial charge in [-0.1, -0.05) is 30.3 Å². The first-order valence-corrected chi connectivity index (χ1v) is 10.0. The van der Waals surface area contributed by atoms with Gasteiger partial charge >= 0.3 is 6.03 Å². The predicted octanol–water partition coefficient (Wildman–Crippen LogP) is 0.869. The van der Waals surface area contributed by atoms with Crippen molar-refractivity contribution in [2.24, 2.45) is 5.92 Å². The lowest BCUT2D eigenvalue weighted by molar-refractivity contribution is -0.122. The second-order valence-electron chi connectivity index (χ2n) is 7.03. The number of benzene rings is 1. The van der Waals surface area contributed by atoms with E-state index in [9.17, 15) is 18.0 Å². The highest BCUT2D eigenvalue weighted by atomic mass is 32.2. The minimum atomic E-state index is -3.62. The summed E-state index contributed by atoms with van der Waals surface area (Å²) >= 11 is 0. The first-order chi connectivity index (χ1) is 11.8. The Balaban J connectivity index is 1.58. The van der Waals surface area contributed by atoms with E-state index in [1.807, 2.05) is 18.2 Å².